The maximum atomic E-state index is 12.8. The Hall–Kier alpha value is -2.15. The Labute approximate surface area is 157 Å². The summed E-state index contributed by atoms with van der Waals surface area (Å²) in [7, 11) is 0. The van der Waals surface area contributed by atoms with Crippen molar-refractivity contribution in [2.45, 2.75) is 59.0 Å². The van der Waals surface area contributed by atoms with Crippen LogP contribution in [0.4, 0.5) is 5.13 Å². The fourth-order valence-corrected chi connectivity index (χ4v) is 3.62. The molecule has 2 aromatic heterocycles. The smallest absolute Gasteiger partial charge is 0.260 e. The molecule has 2 heterocycles. The summed E-state index contributed by atoms with van der Waals surface area (Å²) in [5.41, 5.74) is 1.18. The third-order valence-electron chi connectivity index (χ3n) is 4.84. The lowest BCUT2D eigenvalue weighted by atomic mass is 10.0. The zero-order valence-electron chi connectivity index (χ0n) is 15.6. The summed E-state index contributed by atoms with van der Waals surface area (Å²) in [5, 5.41) is 5.10. The van der Waals surface area contributed by atoms with Crippen molar-refractivity contribution < 1.29 is 14.0 Å². The van der Waals surface area contributed by atoms with Crippen LogP contribution in [0.3, 0.4) is 0 Å². The number of hydrogen-bond donors (Lipinski definition) is 1. The maximum absolute atomic E-state index is 12.8. The summed E-state index contributed by atoms with van der Waals surface area (Å²) in [6.07, 6.45) is 3.93. The van der Waals surface area contributed by atoms with Gasteiger partial charge in [0, 0.05) is 17.5 Å². The maximum Gasteiger partial charge on any atom is 0.260 e. The first-order valence-electron chi connectivity index (χ1n) is 8.97. The summed E-state index contributed by atoms with van der Waals surface area (Å²) in [4.78, 5) is 31.4. The van der Waals surface area contributed by atoms with Gasteiger partial charge in [0.05, 0.1) is 23.9 Å². The molecule has 2 aromatic rings. The minimum atomic E-state index is -0.253. The molecule has 1 unspecified atom stereocenters. The number of thiazole rings is 1. The highest BCUT2D eigenvalue weighted by atomic mass is 32.1. The molecular formula is C19H25N3O3S. The van der Waals surface area contributed by atoms with E-state index in [4.69, 9.17) is 4.42 Å². The van der Waals surface area contributed by atoms with Crippen LogP contribution in [0.15, 0.2) is 22.1 Å². The van der Waals surface area contributed by atoms with Gasteiger partial charge in [-0.3, -0.25) is 14.9 Å². The van der Waals surface area contributed by atoms with Crippen molar-refractivity contribution in [1.82, 2.24) is 9.88 Å². The second-order valence-electron chi connectivity index (χ2n) is 7.18. The molecule has 1 saturated carbocycles. The van der Waals surface area contributed by atoms with Gasteiger partial charge in [-0.15, -0.1) is 11.3 Å². The van der Waals surface area contributed by atoms with Gasteiger partial charge in [-0.25, -0.2) is 4.98 Å². The van der Waals surface area contributed by atoms with Gasteiger partial charge in [-0.05, 0) is 38.7 Å². The third-order valence-corrected chi connectivity index (χ3v) is 5.65. The summed E-state index contributed by atoms with van der Waals surface area (Å²) < 4.78 is 5.15. The Morgan fingerprint density at radius 3 is 2.69 bits per heavy atom. The van der Waals surface area contributed by atoms with Gasteiger partial charge in [0.1, 0.15) is 5.76 Å². The molecule has 0 aliphatic heterocycles. The van der Waals surface area contributed by atoms with Crippen molar-refractivity contribution in [2.75, 3.05) is 5.32 Å². The number of carbonyl (C=O) groups is 2. The van der Waals surface area contributed by atoms with Gasteiger partial charge in [-0.1, -0.05) is 13.8 Å². The number of carbonyl (C=O) groups excluding carboxylic acids is 2. The van der Waals surface area contributed by atoms with E-state index >= 15 is 0 Å². The van der Waals surface area contributed by atoms with Crippen LogP contribution in [0.5, 0.6) is 0 Å². The largest absolute Gasteiger partial charge is 0.469 e. The fourth-order valence-electron chi connectivity index (χ4n) is 2.91. The molecule has 1 aliphatic carbocycles. The Kier molecular flexibility index (Phi) is 5.46. The standard InChI is InChI=1S/C19H25N3O3S/c1-11(2)12(3)22(15-5-6-15)17(23)9-14-10-26-19(20-14)21-18(24)16-7-8-25-13(16)4/h7-8,10-12,15H,5-6,9H2,1-4H3,(H,20,21,24). The van der Waals surface area contributed by atoms with E-state index in [1.165, 1.54) is 17.6 Å². The molecule has 3 rings (SSSR count). The molecule has 140 valence electrons. The van der Waals surface area contributed by atoms with Gasteiger partial charge in [0.2, 0.25) is 5.91 Å². The SMILES string of the molecule is Cc1occc1C(=O)Nc1nc(CC(=O)N(C2CC2)C(C)C(C)C)cs1. The summed E-state index contributed by atoms with van der Waals surface area (Å²) in [5.74, 6) is 0.847. The zero-order chi connectivity index (χ0) is 18.8. The van der Waals surface area contributed by atoms with E-state index in [2.05, 4.69) is 31.1 Å². The quantitative estimate of drug-likeness (QED) is 0.797. The van der Waals surface area contributed by atoms with Crippen molar-refractivity contribution in [3.63, 3.8) is 0 Å². The van der Waals surface area contributed by atoms with Gasteiger partial charge in [0.25, 0.3) is 5.91 Å². The molecular weight excluding hydrogens is 350 g/mol. The van der Waals surface area contributed by atoms with E-state index in [0.717, 1.165) is 12.8 Å². The highest BCUT2D eigenvalue weighted by molar-refractivity contribution is 7.14. The Bertz CT molecular complexity index is 792. The monoisotopic (exact) mass is 375 g/mol. The van der Waals surface area contributed by atoms with Crippen LogP contribution in [-0.2, 0) is 11.2 Å². The number of amides is 2. The number of aryl methyl sites for hydroxylation is 1. The van der Waals surface area contributed by atoms with Crippen LogP contribution in [0.2, 0.25) is 0 Å². The van der Waals surface area contributed by atoms with Crippen LogP contribution < -0.4 is 5.32 Å². The second-order valence-corrected chi connectivity index (χ2v) is 8.04. The molecule has 0 saturated heterocycles. The van der Waals surface area contributed by atoms with Gasteiger partial charge >= 0.3 is 0 Å². The molecule has 0 aromatic carbocycles. The average Bonchev–Trinajstić information content (AvgIpc) is 3.15. The number of hydrogen-bond acceptors (Lipinski definition) is 5. The number of rotatable bonds is 7. The van der Waals surface area contributed by atoms with Crippen molar-refractivity contribution in [2.24, 2.45) is 5.92 Å². The lowest BCUT2D eigenvalue weighted by molar-refractivity contribution is -0.134. The topological polar surface area (TPSA) is 75.4 Å². The Morgan fingerprint density at radius 2 is 2.12 bits per heavy atom. The second kappa shape index (κ2) is 7.61. The first-order chi connectivity index (χ1) is 12.4. The number of furan rings is 1. The molecule has 1 atom stereocenters. The van der Waals surface area contributed by atoms with Gasteiger partial charge < -0.3 is 9.32 Å². The van der Waals surface area contributed by atoms with Crippen LogP contribution in [0, 0.1) is 12.8 Å². The van der Waals surface area contributed by atoms with E-state index in [0.29, 0.717) is 34.1 Å². The lowest BCUT2D eigenvalue weighted by Gasteiger charge is -2.32. The van der Waals surface area contributed by atoms with Crippen molar-refractivity contribution >= 4 is 28.3 Å². The van der Waals surface area contributed by atoms with Gasteiger partial charge in [0.15, 0.2) is 5.13 Å². The molecule has 1 N–H and O–H groups in total. The van der Waals surface area contributed by atoms with E-state index < -0.39 is 0 Å². The summed E-state index contributed by atoms with van der Waals surface area (Å²) in [6.45, 7) is 8.13. The summed E-state index contributed by atoms with van der Waals surface area (Å²) in [6, 6.07) is 2.22. The number of nitrogens with one attached hydrogen (secondary N) is 1. The van der Waals surface area contributed by atoms with Crippen molar-refractivity contribution in [1.29, 1.82) is 0 Å². The van der Waals surface area contributed by atoms with E-state index in [9.17, 15) is 9.59 Å². The lowest BCUT2D eigenvalue weighted by Crippen LogP contribution is -2.43. The van der Waals surface area contributed by atoms with E-state index in [1.54, 1.807) is 13.0 Å². The highest BCUT2D eigenvalue weighted by Gasteiger charge is 2.36. The molecule has 2 amide bonds. The third kappa shape index (κ3) is 4.15. The van der Waals surface area contributed by atoms with Gasteiger partial charge in [-0.2, -0.15) is 0 Å². The van der Waals surface area contributed by atoms with E-state index in [-0.39, 0.29) is 24.3 Å². The minimum Gasteiger partial charge on any atom is -0.469 e. The first-order valence-corrected chi connectivity index (χ1v) is 9.85. The molecule has 0 spiro atoms. The molecule has 6 nitrogen and oxygen atoms in total. The molecule has 1 aliphatic rings. The fraction of sp³-hybridized carbons (Fsp3) is 0.526. The van der Waals surface area contributed by atoms with Crippen LogP contribution >= 0.6 is 11.3 Å². The minimum absolute atomic E-state index is 0.113. The predicted octanol–water partition coefficient (Wildman–Crippen LogP) is 3.87. The highest BCUT2D eigenvalue weighted by Crippen LogP contribution is 2.31. The number of nitrogens with zero attached hydrogens (tertiary/aromatic N) is 2. The Morgan fingerprint density at radius 1 is 1.38 bits per heavy atom. The van der Waals surface area contributed by atoms with Crippen LogP contribution in [0.1, 0.15) is 55.4 Å². The zero-order valence-corrected chi connectivity index (χ0v) is 16.4. The number of aromatic nitrogens is 1. The van der Waals surface area contributed by atoms with Crippen molar-refractivity contribution in [3.05, 3.63) is 34.7 Å². The van der Waals surface area contributed by atoms with Crippen molar-refractivity contribution in [3.8, 4) is 0 Å². The molecule has 0 radical (unpaired) electrons. The molecule has 26 heavy (non-hydrogen) atoms. The molecule has 1 fully saturated rings. The summed E-state index contributed by atoms with van der Waals surface area (Å²) >= 11 is 1.33. The molecule has 7 heteroatoms. The van der Waals surface area contributed by atoms with Crippen LogP contribution in [-0.4, -0.2) is 33.8 Å². The number of anilines is 1. The average molecular weight is 375 g/mol. The molecule has 0 bridgehead atoms. The van der Waals surface area contributed by atoms with E-state index in [1.807, 2.05) is 10.3 Å². The predicted molar refractivity (Wildman–Crippen MR) is 101 cm³/mol. The van der Waals surface area contributed by atoms with Crippen LogP contribution in [0.25, 0.3) is 0 Å². The first kappa shape index (κ1) is 18.6. The Balaban J connectivity index is 1.63. The normalized spacial score (nSPS) is 15.1.